The van der Waals surface area contributed by atoms with Crippen LogP contribution in [0.25, 0.3) is 0 Å². The van der Waals surface area contributed by atoms with Gasteiger partial charge in [0.1, 0.15) is 0 Å². The third kappa shape index (κ3) is 3.46. The number of thiocarbonyl (C=S) groups is 1. The first kappa shape index (κ1) is 19.4. The zero-order chi connectivity index (χ0) is 20.0. The average molecular weight is 415 g/mol. The number of hydrogen-bond donors (Lipinski definition) is 2. The number of halogens is 4. The van der Waals surface area contributed by atoms with Crippen LogP contribution >= 0.6 is 23.8 Å². The SMILES string of the molecule is C[C@@]1(c2ccc(Cl)cc2)NC(=S)N(C(=O)O)[C@@H]1c1ccc(C(F)(F)F)cc1. The molecule has 2 aromatic rings. The lowest BCUT2D eigenvalue weighted by atomic mass is 9.81. The molecule has 0 spiro atoms. The van der Waals surface area contributed by atoms with Crippen molar-refractivity contribution in [2.24, 2.45) is 0 Å². The zero-order valence-electron chi connectivity index (χ0n) is 13.9. The molecule has 1 amide bonds. The molecule has 2 aromatic carbocycles. The van der Waals surface area contributed by atoms with E-state index in [-0.39, 0.29) is 5.11 Å². The van der Waals surface area contributed by atoms with Crippen LogP contribution in [0.1, 0.15) is 29.7 Å². The van der Waals surface area contributed by atoms with Gasteiger partial charge in [-0.25, -0.2) is 9.69 Å². The van der Waals surface area contributed by atoms with E-state index in [0.29, 0.717) is 16.1 Å². The number of alkyl halides is 3. The largest absolute Gasteiger partial charge is 0.465 e. The summed E-state index contributed by atoms with van der Waals surface area (Å²) in [5, 5.41) is 13.1. The van der Waals surface area contributed by atoms with Gasteiger partial charge in [0.25, 0.3) is 0 Å². The summed E-state index contributed by atoms with van der Waals surface area (Å²) in [5.74, 6) is 0. The van der Waals surface area contributed by atoms with E-state index < -0.39 is 29.4 Å². The normalized spacial score (nSPS) is 22.6. The summed E-state index contributed by atoms with van der Waals surface area (Å²) in [7, 11) is 0. The Bertz CT molecular complexity index is 887. The minimum Gasteiger partial charge on any atom is -0.465 e. The molecule has 1 fully saturated rings. The minimum absolute atomic E-state index is 0.0233. The smallest absolute Gasteiger partial charge is 0.416 e. The maximum Gasteiger partial charge on any atom is 0.416 e. The van der Waals surface area contributed by atoms with Crippen molar-refractivity contribution in [3.8, 4) is 0 Å². The molecule has 4 nitrogen and oxygen atoms in total. The number of nitrogens with zero attached hydrogens (tertiary/aromatic N) is 1. The first-order chi connectivity index (χ1) is 12.5. The summed E-state index contributed by atoms with van der Waals surface area (Å²) < 4.78 is 38.6. The van der Waals surface area contributed by atoms with Crippen LogP contribution in [0.15, 0.2) is 48.5 Å². The molecule has 1 saturated heterocycles. The third-order valence-corrected chi connectivity index (χ3v) is 5.14. The maximum absolute atomic E-state index is 12.9. The van der Waals surface area contributed by atoms with Gasteiger partial charge in [0.2, 0.25) is 0 Å². The summed E-state index contributed by atoms with van der Waals surface area (Å²) in [6.45, 7) is 1.74. The van der Waals surface area contributed by atoms with Crippen molar-refractivity contribution in [1.82, 2.24) is 10.2 Å². The van der Waals surface area contributed by atoms with E-state index in [4.69, 9.17) is 23.8 Å². The number of nitrogens with one attached hydrogen (secondary N) is 1. The molecular weight excluding hydrogens is 401 g/mol. The van der Waals surface area contributed by atoms with E-state index in [1.807, 2.05) is 0 Å². The second-order valence-corrected chi connectivity index (χ2v) is 7.14. The molecule has 0 radical (unpaired) electrons. The number of carbonyl (C=O) groups is 1. The van der Waals surface area contributed by atoms with E-state index in [0.717, 1.165) is 17.0 Å². The highest BCUT2D eigenvalue weighted by atomic mass is 35.5. The van der Waals surface area contributed by atoms with Crippen molar-refractivity contribution in [3.05, 3.63) is 70.2 Å². The molecule has 3 rings (SSSR count). The van der Waals surface area contributed by atoms with Crippen LogP contribution < -0.4 is 5.32 Å². The maximum atomic E-state index is 12.9. The van der Waals surface area contributed by atoms with Gasteiger partial charge in [-0.2, -0.15) is 13.2 Å². The quantitative estimate of drug-likeness (QED) is 0.664. The monoisotopic (exact) mass is 414 g/mol. The van der Waals surface area contributed by atoms with Crippen molar-refractivity contribution < 1.29 is 23.1 Å². The van der Waals surface area contributed by atoms with E-state index in [1.54, 1.807) is 31.2 Å². The molecule has 0 unspecified atom stereocenters. The second-order valence-electron chi connectivity index (χ2n) is 6.31. The first-order valence-corrected chi connectivity index (χ1v) is 8.60. The molecule has 1 aliphatic rings. The molecule has 1 heterocycles. The first-order valence-electron chi connectivity index (χ1n) is 7.81. The Hall–Kier alpha value is -2.32. The molecule has 9 heteroatoms. The van der Waals surface area contributed by atoms with E-state index in [2.05, 4.69) is 5.32 Å². The highest BCUT2D eigenvalue weighted by Crippen LogP contribution is 2.44. The predicted octanol–water partition coefficient (Wildman–Crippen LogP) is 5.18. The highest BCUT2D eigenvalue weighted by molar-refractivity contribution is 7.80. The van der Waals surface area contributed by atoms with Crippen LogP contribution in [-0.2, 0) is 11.7 Å². The van der Waals surface area contributed by atoms with Gasteiger partial charge < -0.3 is 10.4 Å². The summed E-state index contributed by atoms with van der Waals surface area (Å²) in [6.07, 6.45) is -5.77. The van der Waals surface area contributed by atoms with Gasteiger partial charge in [-0.15, -0.1) is 0 Å². The lowest BCUT2D eigenvalue weighted by Gasteiger charge is -2.33. The predicted molar refractivity (Wildman–Crippen MR) is 98.6 cm³/mol. The van der Waals surface area contributed by atoms with E-state index in [1.165, 1.54) is 12.1 Å². The van der Waals surface area contributed by atoms with Gasteiger partial charge in [0, 0.05) is 5.02 Å². The summed E-state index contributed by atoms with van der Waals surface area (Å²) in [4.78, 5) is 12.7. The zero-order valence-corrected chi connectivity index (χ0v) is 15.5. The minimum atomic E-state index is -4.48. The van der Waals surface area contributed by atoms with Crippen LogP contribution in [0, 0.1) is 0 Å². The van der Waals surface area contributed by atoms with Gasteiger partial charge in [-0.3, -0.25) is 0 Å². The van der Waals surface area contributed by atoms with Crippen LogP contribution in [0.2, 0.25) is 5.02 Å². The number of carboxylic acid groups (broad SMARTS) is 1. The third-order valence-electron chi connectivity index (χ3n) is 4.59. The lowest BCUT2D eigenvalue weighted by Crippen LogP contribution is -2.39. The van der Waals surface area contributed by atoms with E-state index in [9.17, 15) is 23.1 Å². The molecule has 0 aromatic heterocycles. The van der Waals surface area contributed by atoms with Gasteiger partial charge in [0.15, 0.2) is 5.11 Å². The number of benzene rings is 2. The van der Waals surface area contributed by atoms with Gasteiger partial charge in [-0.1, -0.05) is 35.9 Å². The van der Waals surface area contributed by atoms with E-state index >= 15 is 0 Å². The Balaban J connectivity index is 2.12. The fourth-order valence-electron chi connectivity index (χ4n) is 3.29. The topological polar surface area (TPSA) is 52.6 Å². The molecule has 27 heavy (non-hydrogen) atoms. The molecule has 2 atom stereocenters. The number of hydrogen-bond acceptors (Lipinski definition) is 2. The molecule has 142 valence electrons. The lowest BCUT2D eigenvalue weighted by molar-refractivity contribution is -0.137. The molecule has 0 aliphatic carbocycles. The van der Waals surface area contributed by atoms with Crippen molar-refractivity contribution in [3.63, 3.8) is 0 Å². The molecule has 2 N–H and O–H groups in total. The van der Waals surface area contributed by atoms with Crippen molar-refractivity contribution in [2.45, 2.75) is 24.7 Å². The average Bonchev–Trinajstić information content (AvgIpc) is 2.86. The molecule has 0 bridgehead atoms. The Kier molecular flexibility index (Phi) is 4.81. The van der Waals surface area contributed by atoms with Crippen molar-refractivity contribution in [2.75, 3.05) is 0 Å². The van der Waals surface area contributed by atoms with Gasteiger partial charge >= 0.3 is 12.3 Å². The Morgan fingerprint density at radius 2 is 1.74 bits per heavy atom. The molecular formula is C18H14ClF3N2O2S. The van der Waals surface area contributed by atoms with Crippen LogP contribution in [0.4, 0.5) is 18.0 Å². The molecule has 0 saturated carbocycles. The standard InChI is InChI=1S/C18H14ClF3N2O2S/c1-17(11-6-8-13(19)9-7-11)14(24(16(25)26)15(27)23-17)10-2-4-12(5-3-10)18(20,21)22/h2-9,14H,1H3,(H,23,27)(H,25,26)/t14-,17+/m1/s1. The number of rotatable bonds is 2. The second kappa shape index (κ2) is 6.69. The molecule has 1 aliphatic heterocycles. The summed E-state index contributed by atoms with van der Waals surface area (Å²) in [6, 6.07) is 10.3. The van der Waals surface area contributed by atoms with Gasteiger partial charge in [0.05, 0.1) is 17.1 Å². The fourth-order valence-corrected chi connectivity index (χ4v) is 3.81. The van der Waals surface area contributed by atoms with Gasteiger partial charge in [-0.05, 0) is 54.5 Å². The van der Waals surface area contributed by atoms with Crippen molar-refractivity contribution >= 4 is 35.0 Å². The Labute approximate surface area is 163 Å². The highest BCUT2D eigenvalue weighted by Gasteiger charge is 2.51. The Morgan fingerprint density at radius 3 is 2.22 bits per heavy atom. The van der Waals surface area contributed by atoms with Crippen LogP contribution in [-0.4, -0.2) is 21.2 Å². The van der Waals surface area contributed by atoms with Crippen LogP contribution in [0.3, 0.4) is 0 Å². The summed E-state index contributed by atoms with van der Waals surface area (Å²) >= 11 is 11.1. The summed E-state index contributed by atoms with van der Waals surface area (Å²) in [5.41, 5.74) is -0.715. The Morgan fingerprint density at radius 1 is 1.19 bits per heavy atom. The van der Waals surface area contributed by atoms with Crippen LogP contribution in [0.5, 0.6) is 0 Å². The number of amides is 1. The van der Waals surface area contributed by atoms with Crippen molar-refractivity contribution in [1.29, 1.82) is 0 Å². The fraction of sp³-hybridized carbons (Fsp3) is 0.222.